The Morgan fingerprint density at radius 3 is 1.86 bits per heavy atom. The number of benzene rings is 4. The second-order valence-electron chi connectivity index (χ2n) is 16.9. The molecule has 5 heteroatoms. The molecule has 1 aliphatic heterocycles. The number of nitrogens with zero attached hydrogens (tertiary/aromatic N) is 3. The molecule has 1 aromatic heterocycles. The van der Waals surface area contributed by atoms with Gasteiger partial charge in [0.2, 0.25) is 5.88 Å². The topological polar surface area (TPSA) is 37.8 Å². The van der Waals surface area contributed by atoms with Gasteiger partial charge in [0.05, 0.1) is 6.67 Å². The van der Waals surface area contributed by atoms with Gasteiger partial charge in [-0.3, -0.25) is 0 Å². The molecular formula is C46H53N3O2. The Balaban J connectivity index is 1.23. The van der Waals surface area contributed by atoms with E-state index < -0.39 is 0 Å². The molecule has 0 fully saturated rings. The zero-order chi connectivity index (χ0) is 36.7. The lowest BCUT2D eigenvalue weighted by Crippen LogP contribution is -2.27. The zero-order valence-electron chi connectivity index (χ0n) is 32.3. The van der Waals surface area contributed by atoms with Crippen LogP contribution in [0.1, 0.15) is 90.1 Å². The van der Waals surface area contributed by atoms with Crippen molar-refractivity contribution in [3.63, 3.8) is 0 Å². The van der Waals surface area contributed by atoms with E-state index in [0.29, 0.717) is 17.4 Å². The van der Waals surface area contributed by atoms with Gasteiger partial charge in [-0.05, 0) is 105 Å². The number of hydrogen-bond acceptors (Lipinski definition) is 5. The summed E-state index contributed by atoms with van der Waals surface area (Å²) in [4.78, 5) is 9.15. The monoisotopic (exact) mass is 679 g/mol. The van der Waals surface area contributed by atoms with Crippen LogP contribution in [0.15, 0.2) is 110 Å². The fourth-order valence-corrected chi connectivity index (χ4v) is 6.67. The Morgan fingerprint density at radius 1 is 0.569 bits per heavy atom. The molecule has 2 heterocycles. The molecule has 5 aromatic rings. The minimum atomic E-state index is -0.0680. The van der Waals surface area contributed by atoms with Crippen LogP contribution in [-0.2, 0) is 16.2 Å². The van der Waals surface area contributed by atoms with E-state index in [1.54, 1.807) is 0 Å². The summed E-state index contributed by atoms with van der Waals surface area (Å²) in [7, 11) is 0. The molecule has 1 aliphatic rings. The highest BCUT2D eigenvalue weighted by atomic mass is 16.5. The molecule has 0 saturated heterocycles. The molecular weight excluding hydrogens is 627 g/mol. The highest BCUT2D eigenvalue weighted by molar-refractivity contribution is 5.72. The van der Waals surface area contributed by atoms with Gasteiger partial charge in [-0.2, -0.15) is 0 Å². The Labute approximate surface area is 305 Å². The first-order chi connectivity index (χ1) is 24.0. The van der Waals surface area contributed by atoms with E-state index in [9.17, 15) is 0 Å². The first-order valence-electron chi connectivity index (χ1n) is 18.0. The molecule has 0 radical (unpaired) electrons. The molecule has 0 saturated carbocycles. The summed E-state index contributed by atoms with van der Waals surface area (Å²) >= 11 is 0. The van der Waals surface area contributed by atoms with E-state index >= 15 is 0 Å². The van der Waals surface area contributed by atoms with E-state index in [1.165, 1.54) is 39.1 Å². The Hall–Kier alpha value is -5.03. The van der Waals surface area contributed by atoms with Crippen molar-refractivity contribution in [1.29, 1.82) is 0 Å². The first kappa shape index (κ1) is 35.8. The van der Waals surface area contributed by atoms with E-state index in [1.807, 2.05) is 36.5 Å². The van der Waals surface area contributed by atoms with Crippen LogP contribution < -0.4 is 19.3 Å². The van der Waals surface area contributed by atoms with E-state index in [-0.39, 0.29) is 16.2 Å². The third kappa shape index (κ3) is 8.14. The number of pyridine rings is 1. The predicted octanol–water partition coefficient (Wildman–Crippen LogP) is 12.6. The minimum Gasteiger partial charge on any atom is -0.457 e. The van der Waals surface area contributed by atoms with Crippen LogP contribution in [0.25, 0.3) is 11.1 Å². The third-order valence-corrected chi connectivity index (χ3v) is 9.53. The second-order valence-corrected chi connectivity index (χ2v) is 16.9. The maximum atomic E-state index is 6.57. The third-order valence-electron chi connectivity index (χ3n) is 9.53. The zero-order valence-corrected chi connectivity index (χ0v) is 32.3. The summed E-state index contributed by atoms with van der Waals surface area (Å²) in [5.74, 6) is 2.68. The molecule has 0 spiro atoms. The molecule has 0 amide bonds. The van der Waals surface area contributed by atoms with Gasteiger partial charge in [0.1, 0.15) is 17.2 Å². The highest BCUT2D eigenvalue weighted by Crippen LogP contribution is 2.39. The van der Waals surface area contributed by atoms with Crippen molar-refractivity contribution in [2.45, 2.75) is 92.4 Å². The number of aryl methyl sites for hydroxylation is 2. The van der Waals surface area contributed by atoms with Crippen molar-refractivity contribution in [2.24, 2.45) is 0 Å². The fraction of sp³-hybridized carbons (Fsp3) is 0.326. The number of anilines is 2. The normalized spacial score (nSPS) is 13.5. The lowest BCUT2D eigenvalue weighted by Gasteiger charge is -2.29. The standard InChI is InChI=1S/C46H53N3O2/c1-31-23-34(44(3,4)5)24-32(2)43(31)33-19-20-47-42(25-33)51-38-16-14-15-37(29-38)50-39-27-35(45(6,7)8)26-36(28-39)48-21-22-49(30-48)41-18-13-12-17-40(41)46(9,10)11/h12-29H,30H2,1-11H3. The summed E-state index contributed by atoms with van der Waals surface area (Å²) in [6.07, 6.45) is 6.14. The van der Waals surface area contributed by atoms with Gasteiger partial charge >= 0.3 is 0 Å². The minimum absolute atomic E-state index is 0.0403. The first-order valence-corrected chi connectivity index (χ1v) is 18.0. The molecule has 0 N–H and O–H groups in total. The van der Waals surface area contributed by atoms with Crippen molar-refractivity contribution >= 4 is 11.4 Å². The average Bonchev–Trinajstić information content (AvgIpc) is 3.54. The number of ether oxygens (including phenoxy) is 2. The molecule has 5 nitrogen and oxygen atoms in total. The van der Waals surface area contributed by atoms with E-state index in [2.05, 4.69) is 164 Å². The number of para-hydroxylation sites is 1. The molecule has 6 rings (SSSR count). The van der Waals surface area contributed by atoms with Gasteiger partial charge in [-0.1, -0.05) is 98.7 Å². The molecule has 0 aliphatic carbocycles. The molecule has 4 aromatic carbocycles. The molecule has 0 atom stereocenters. The number of hydrogen-bond donors (Lipinski definition) is 0. The lowest BCUT2D eigenvalue weighted by atomic mass is 9.83. The Bertz CT molecular complexity index is 2050. The molecule has 264 valence electrons. The van der Waals surface area contributed by atoms with Gasteiger partial charge in [0, 0.05) is 48.2 Å². The molecule has 0 unspecified atom stereocenters. The van der Waals surface area contributed by atoms with Crippen molar-refractivity contribution < 1.29 is 9.47 Å². The van der Waals surface area contributed by atoms with Crippen molar-refractivity contribution in [2.75, 3.05) is 16.5 Å². The smallest absolute Gasteiger partial charge is 0.219 e. The quantitative estimate of drug-likeness (QED) is 0.171. The van der Waals surface area contributed by atoms with E-state index in [4.69, 9.17) is 9.47 Å². The fourth-order valence-electron chi connectivity index (χ4n) is 6.67. The molecule has 0 bridgehead atoms. The Morgan fingerprint density at radius 2 is 1.20 bits per heavy atom. The van der Waals surface area contributed by atoms with E-state index in [0.717, 1.165) is 23.7 Å². The van der Waals surface area contributed by atoms with Crippen LogP contribution in [0.4, 0.5) is 11.4 Å². The molecule has 51 heavy (non-hydrogen) atoms. The summed E-state index contributed by atoms with van der Waals surface area (Å²) in [5.41, 5.74) is 11.0. The summed E-state index contributed by atoms with van der Waals surface area (Å²) in [6, 6.07) is 31.7. The van der Waals surface area contributed by atoms with Crippen LogP contribution in [-0.4, -0.2) is 11.7 Å². The Kier molecular flexibility index (Phi) is 9.54. The SMILES string of the molecule is Cc1cc(C(C)(C)C)cc(C)c1-c1ccnc(Oc2cccc(Oc3cc(N4C=CN(c5ccccc5C(C)(C)C)C4)cc(C(C)(C)C)c3)c2)c1. The summed E-state index contributed by atoms with van der Waals surface area (Å²) in [6.45, 7) is 25.3. The maximum absolute atomic E-state index is 6.57. The van der Waals surface area contributed by atoms with Crippen molar-refractivity contribution in [3.05, 3.63) is 137 Å². The maximum Gasteiger partial charge on any atom is 0.219 e. The average molecular weight is 680 g/mol. The van der Waals surface area contributed by atoms with Gasteiger partial charge in [-0.15, -0.1) is 0 Å². The van der Waals surface area contributed by atoms with Crippen molar-refractivity contribution in [1.82, 2.24) is 4.98 Å². The van der Waals surface area contributed by atoms with Crippen LogP contribution in [0.2, 0.25) is 0 Å². The largest absolute Gasteiger partial charge is 0.457 e. The van der Waals surface area contributed by atoms with Gasteiger partial charge in [0.15, 0.2) is 0 Å². The summed E-state index contributed by atoms with van der Waals surface area (Å²) in [5, 5.41) is 0. The lowest BCUT2D eigenvalue weighted by molar-refractivity contribution is 0.448. The van der Waals surface area contributed by atoms with Crippen LogP contribution in [0, 0.1) is 13.8 Å². The summed E-state index contributed by atoms with van der Waals surface area (Å²) < 4.78 is 12.9. The highest BCUT2D eigenvalue weighted by Gasteiger charge is 2.25. The van der Waals surface area contributed by atoms with Crippen molar-refractivity contribution in [3.8, 4) is 34.3 Å². The number of rotatable bonds is 7. The van der Waals surface area contributed by atoms with Crippen LogP contribution >= 0.6 is 0 Å². The van der Waals surface area contributed by atoms with Crippen LogP contribution in [0.3, 0.4) is 0 Å². The van der Waals surface area contributed by atoms with Crippen LogP contribution in [0.5, 0.6) is 23.1 Å². The second kappa shape index (κ2) is 13.6. The number of aromatic nitrogens is 1. The van der Waals surface area contributed by atoms with Gasteiger partial charge in [-0.25, -0.2) is 4.98 Å². The van der Waals surface area contributed by atoms with Gasteiger partial charge < -0.3 is 19.3 Å². The predicted molar refractivity (Wildman–Crippen MR) is 214 cm³/mol. The van der Waals surface area contributed by atoms with Gasteiger partial charge in [0.25, 0.3) is 0 Å².